The van der Waals surface area contributed by atoms with Crippen LogP contribution in [0.25, 0.3) is 11.0 Å². The molecule has 7 nitrogen and oxygen atoms in total. The molecule has 7 heteroatoms. The van der Waals surface area contributed by atoms with Crippen LogP contribution in [0.5, 0.6) is 0 Å². The molecule has 0 aliphatic heterocycles. The molecule has 0 aliphatic rings. The van der Waals surface area contributed by atoms with Crippen molar-refractivity contribution in [2.24, 2.45) is 11.5 Å². The second-order valence-corrected chi connectivity index (χ2v) is 5.12. The maximum Gasteiger partial charge on any atom is 0.347 e. The second kappa shape index (κ2) is 5.98. The molecule has 1 heterocycles. The van der Waals surface area contributed by atoms with E-state index in [2.05, 4.69) is 0 Å². The van der Waals surface area contributed by atoms with Crippen LogP contribution in [-0.2, 0) is 4.79 Å². The van der Waals surface area contributed by atoms with Crippen LogP contribution in [0.4, 0.5) is 5.69 Å². The molecule has 1 aromatic carbocycles. The van der Waals surface area contributed by atoms with Crippen molar-refractivity contribution in [1.29, 1.82) is 0 Å². The largest absolute Gasteiger partial charge is 0.422 e. The molecule has 1 atom stereocenters. The standard InChI is InChI=1S/C15H17N3O4/c1-7-9-3-2-8(16)6-11(9)22-15(21)13(7)14(20)10(17)4-5-12(18)19/h2-3,6,10H,4-5,16-17H2,1H3,(H2,18,19)/t10-/m0/s1. The van der Waals surface area contributed by atoms with Gasteiger partial charge in [-0.15, -0.1) is 0 Å². The summed E-state index contributed by atoms with van der Waals surface area (Å²) in [6.45, 7) is 1.64. The third kappa shape index (κ3) is 2.99. The number of carbonyl (C=O) groups excluding carboxylic acids is 2. The number of nitrogen functional groups attached to an aromatic ring is 1. The first kappa shape index (κ1) is 15.7. The molecule has 0 bridgehead atoms. The lowest BCUT2D eigenvalue weighted by atomic mass is 9.96. The van der Waals surface area contributed by atoms with Crippen molar-refractivity contribution < 1.29 is 14.0 Å². The lowest BCUT2D eigenvalue weighted by molar-refractivity contribution is -0.118. The fraction of sp³-hybridized carbons (Fsp3) is 0.267. The molecule has 0 aliphatic carbocycles. The van der Waals surface area contributed by atoms with E-state index in [0.29, 0.717) is 22.2 Å². The summed E-state index contributed by atoms with van der Waals surface area (Å²) in [5.41, 5.74) is 16.8. The maximum absolute atomic E-state index is 12.3. The Balaban J connectivity index is 2.47. The Hall–Kier alpha value is -2.67. The number of carbonyl (C=O) groups is 2. The summed E-state index contributed by atoms with van der Waals surface area (Å²) in [6, 6.07) is 3.86. The minimum absolute atomic E-state index is 0.0264. The number of amides is 1. The van der Waals surface area contributed by atoms with Crippen LogP contribution in [0.2, 0.25) is 0 Å². The number of benzene rings is 1. The van der Waals surface area contributed by atoms with Gasteiger partial charge in [0.05, 0.1) is 6.04 Å². The fourth-order valence-corrected chi connectivity index (χ4v) is 2.27. The highest BCUT2D eigenvalue weighted by atomic mass is 16.4. The Morgan fingerprint density at radius 1 is 1.32 bits per heavy atom. The number of anilines is 1. The summed E-state index contributed by atoms with van der Waals surface area (Å²) in [7, 11) is 0. The third-order valence-corrected chi connectivity index (χ3v) is 3.48. The third-order valence-electron chi connectivity index (χ3n) is 3.48. The number of hydrogen-bond donors (Lipinski definition) is 3. The second-order valence-electron chi connectivity index (χ2n) is 5.12. The quantitative estimate of drug-likeness (QED) is 0.416. The highest BCUT2D eigenvalue weighted by Crippen LogP contribution is 2.22. The molecule has 1 amide bonds. The van der Waals surface area contributed by atoms with Crippen LogP contribution in [-0.4, -0.2) is 17.7 Å². The van der Waals surface area contributed by atoms with Crippen LogP contribution in [0, 0.1) is 6.92 Å². The maximum atomic E-state index is 12.3. The number of ketones is 1. The normalized spacial score (nSPS) is 12.3. The lowest BCUT2D eigenvalue weighted by Gasteiger charge is -2.12. The number of aryl methyl sites for hydroxylation is 1. The number of primary amides is 1. The predicted molar refractivity (Wildman–Crippen MR) is 82.4 cm³/mol. The van der Waals surface area contributed by atoms with Gasteiger partial charge in [-0.3, -0.25) is 9.59 Å². The van der Waals surface area contributed by atoms with Crippen molar-refractivity contribution in [2.75, 3.05) is 5.73 Å². The lowest BCUT2D eigenvalue weighted by Crippen LogP contribution is -2.35. The zero-order chi connectivity index (χ0) is 16.4. The number of rotatable bonds is 5. The molecule has 0 saturated heterocycles. The summed E-state index contributed by atoms with van der Waals surface area (Å²) in [5, 5.41) is 0.610. The molecule has 2 rings (SSSR count). The van der Waals surface area contributed by atoms with Crippen LogP contribution >= 0.6 is 0 Å². The molecular weight excluding hydrogens is 286 g/mol. The van der Waals surface area contributed by atoms with Crippen molar-refractivity contribution in [3.63, 3.8) is 0 Å². The minimum atomic E-state index is -0.986. The van der Waals surface area contributed by atoms with Gasteiger partial charge in [-0.25, -0.2) is 4.79 Å². The highest BCUT2D eigenvalue weighted by Gasteiger charge is 2.24. The topological polar surface area (TPSA) is 142 Å². The van der Waals surface area contributed by atoms with E-state index in [1.54, 1.807) is 19.1 Å². The smallest absolute Gasteiger partial charge is 0.347 e. The van der Waals surface area contributed by atoms with E-state index in [4.69, 9.17) is 21.6 Å². The van der Waals surface area contributed by atoms with E-state index in [1.807, 2.05) is 0 Å². The van der Waals surface area contributed by atoms with E-state index >= 15 is 0 Å². The van der Waals surface area contributed by atoms with Gasteiger partial charge in [-0.05, 0) is 31.0 Å². The van der Waals surface area contributed by atoms with Gasteiger partial charge in [-0.2, -0.15) is 0 Å². The average Bonchev–Trinajstić information content (AvgIpc) is 2.43. The summed E-state index contributed by atoms with van der Waals surface area (Å²) in [4.78, 5) is 35.2. The first-order valence-corrected chi connectivity index (χ1v) is 6.72. The fourth-order valence-electron chi connectivity index (χ4n) is 2.27. The van der Waals surface area contributed by atoms with Gasteiger partial charge >= 0.3 is 5.63 Å². The monoisotopic (exact) mass is 303 g/mol. The molecule has 6 N–H and O–H groups in total. The summed E-state index contributed by atoms with van der Waals surface area (Å²) in [6.07, 6.45) is 0.0498. The molecule has 0 radical (unpaired) electrons. The first-order valence-electron chi connectivity index (χ1n) is 6.72. The number of hydrogen-bond acceptors (Lipinski definition) is 6. The summed E-state index contributed by atoms with van der Waals surface area (Å²) in [5.74, 6) is -1.12. The van der Waals surface area contributed by atoms with Gasteiger partial charge in [0.15, 0.2) is 5.78 Å². The zero-order valence-electron chi connectivity index (χ0n) is 12.1. The van der Waals surface area contributed by atoms with Crippen LogP contribution in [0.15, 0.2) is 27.4 Å². The molecule has 22 heavy (non-hydrogen) atoms. The van der Waals surface area contributed by atoms with E-state index in [-0.39, 0.29) is 18.4 Å². The average molecular weight is 303 g/mol. The summed E-state index contributed by atoms with van der Waals surface area (Å²) < 4.78 is 5.15. The molecule has 0 unspecified atom stereocenters. The van der Waals surface area contributed by atoms with Gasteiger partial charge in [0.1, 0.15) is 11.1 Å². The van der Waals surface area contributed by atoms with Crippen molar-refractivity contribution >= 4 is 28.3 Å². The van der Waals surface area contributed by atoms with E-state index in [0.717, 1.165) is 0 Å². The number of fused-ring (bicyclic) bond motifs is 1. The number of Topliss-reactive ketones (excluding diaryl/α,β-unsaturated/α-hetero) is 1. The predicted octanol–water partition coefficient (Wildman–Crippen LogP) is 0.459. The van der Waals surface area contributed by atoms with Crippen LogP contribution in [0.1, 0.15) is 28.8 Å². The SMILES string of the molecule is Cc1c(C(=O)[C@@H](N)CCC(N)=O)c(=O)oc2cc(N)ccc12. The molecule has 0 fully saturated rings. The first-order chi connectivity index (χ1) is 10.3. The van der Waals surface area contributed by atoms with Crippen LogP contribution in [0.3, 0.4) is 0 Å². The molecule has 2 aromatic rings. The van der Waals surface area contributed by atoms with Crippen LogP contribution < -0.4 is 22.8 Å². The molecule has 116 valence electrons. The van der Waals surface area contributed by atoms with Crippen molar-refractivity contribution in [1.82, 2.24) is 0 Å². The molecule has 1 aromatic heterocycles. The van der Waals surface area contributed by atoms with Gasteiger partial charge in [0, 0.05) is 23.6 Å². The highest BCUT2D eigenvalue weighted by molar-refractivity contribution is 6.04. The van der Waals surface area contributed by atoms with Gasteiger partial charge < -0.3 is 21.6 Å². The minimum Gasteiger partial charge on any atom is -0.422 e. The Morgan fingerprint density at radius 2 is 2.00 bits per heavy atom. The molecular formula is C15H17N3O4. The van der Waals surface area contributed by atoms with Gasteiger partial charge in [0.2, 0.25) is 5.91 Å². The molecule has 0 saturated carbocycles. The molecule has 0 spiro atoms. The van der Waals surface area contributed by atoms with Crippen molar-refractivity contribution in [3.05, 3.63) is 39.7 Å². The van der Waals surface area contributed by atoms with Crippen molar-refractivity contribution in [2.45, 2.75) is 25.8 Å². The van der Waals surface area contributed by atoms with E-state index in [1.165, 1.54) is 6.07 Å². The number of nitrogens with two attached hydrogens (primary N) is 3. The van der Waals surface area contributed by atoms with Gasteiger partial charge in [-0.1, -0.05) is 0 Å². The Morgan fingerprint density at radius 3 is 2.64 bits per heavy atom. The van der Waals surface area contributed by atoms with Crippen molar-refractivity contribution in [3.8, 4) is 0 Å². The summed E-state index contributed by atoms with van der Waals surface area (Å²) >= 11 is 0. The Kier molecular flexibility index (Phi) is 4.27. The van der Waals surface area contributed by atoms with E-state index in [9.17, 15) is 14.4 Å². The Bertz CT molecular complexity index is 810. The zero-order valence-corrected chi connectivity index (χ0v) is 12.1. The van der Waals surface area contributed by atoms with Gasteiger partial charge in [0.25, 0.3) is 0 Å². The van der Waals surface area contributed by atoms with E-state index < -0.39 is 23.4 Å². The Labute approximate surface area is 126 Å².